The molecule has 0 bridgehead atoms. The maximum absolute atomic E-state index is 3.44. The fourth-order valence-electron chi connectivity index (χ4n) is 3.04. The van der Waals surface area contributed by atoms with Crippen LogP contribution in [0.4, 0.5) is 0 Å². The molecule has 0 spiro atoms. The van der Waals surface area contributed by atoms with Gasteiger partial charge in [0, 0.05) is 6.04 Å². The van der Waals surface area contributed by atoms with Crippen LogP contribution in [0.3, 0.4) is 0 Å². The highest BCUT2D eigenvalue weighted by molar-refractivity contribution is 4.88. The van der Waals surface area contributed by atoms with Crippen molar-refractivity contribution in [2.24, 2.45) is 10.8 Å². The van der Waals surface area contributed by atoms with Crippen LogP contribution in [0.25, 0.3) is 0 Å². The first-order valence-electron chi connectivity index (χ1n) is 5.52. The van der Waals surface area contributed by atoms with Gasteiger partial charge < -0.3 is 5.32 Å². The van der Waals surface area contributed by atoms with E-state index in [1.807, 2.05) is 0 Å². The first-order chi connectivity index (χ1) is 5.85. The Morgan fingerprint density at radius 1 is 1.08 bits per heavy atom. The average molecular weight is 183 g/mol. The lowest BCUT2D eigenvalue weighted by Gasteiger charge is -2.32. The van der Waals surface area contributed by atoms with E-state index in [2.05, 4.69) is 40.1 Å². The molecule has 0 radical (unpaired) electrons. The highest BCUT2D eigenvalue weighted by Gasteiger charge is 2.34. The molecular weight excluding hydrogens is 158 g/mol. The Balaban J connectivity index is 2.69. The molecule has 0 aromatic rings. The maximum atomic E-state index is 3.44. The van der Waals surface area contributed by atoms with Crippen molar-refractivity contribution in [3.05, 3.63) is 0 Å². The van der Waals surface area contributed by atoms with Crippen molar-refractivity contribution in [2.75, 3.05) is 7.05 Å². The second kappa shape index (κ2) is 3.61. The van der Waals surface area contributed by atoms with Crippen LogP contribution in [-0.4, -0.2) is 13.1 Å². The Kier molecular flexibility index (Phi) is 3.06. The number of hydrogen-bond donors (Lipinski definition) is 1. The summed E-state index contributed by atoms with van der Waals surface area (Å²) in [7, 11) is 2.10. The van der Waals surface area contributed by atoms with Crippen LogP contribution >= 0.6 is 0 Å². The van der Waals surface area contributed by atoms with E-state index in [0.717, 1.165) is 6.04 Å². The van der Waals surface area contributed by atoms with Gasteiger partial charge in [0.1, 0.15) is 0 Å². The van der Waals surface area contributed by atoms with Crippen LogP contribution in [0.15, 0.2) is 0 Å². The van der Waals surface area contributed by atoms with E-state index >= 15 is 0 Å². The Morgan fingerprint density at radius 2 is 1.69 bits per heavy atom. The molecule has 0 aromatic carbocycles. The molecule has 0 aromatic heterocycles. The molecule has 1 fully saturated rings. The van der Waals surface area contributed by atoms with E-state index in [1.165, 1.54) is 25.7 Å². The van der Waals surface area contributed by atoms with E-state index < -0.39 is 0 Å². The Hall–Kier alpha value is -0.0400. The van der Waals surface area contributed by atoms with Gasteiger partial charge in [-0.2, -0.15) is 0 Å². The Morgan fingerprint density at radius 3 is 2.23 bits per heavy atom. The molecule has 1 aliphatic carbocycles. The highest BCUT2D eigenvalue weighted by Crippen LogP contribution is 2.43. The van der Waals surface area contributed by atoms with Gasteiger partial charge in [-0.15, -0.1) is 0 Å². The minimum absolute atomic E-state index is 0.508. The van der Waals surface area contributed by atoms with Crippen LogP contribution in [0, 0.1) is 10.8 Å². The molecular formula is C12H25N. The molecule has 1 atom stereocenters. The molecule has 0 heterocycles. The van der Waals surface area contributed by atoms with E-state index in [1.54, 1.807) is 0 Å². The van der Waals surface area contributed by atoms with Gasteiger partial charge in [0.2, 0.25) is 0 Å². The topological polar surface area (TPSA) is 12.0 Å². The van der Waals surface area contributed by atoms with E-state index in [4.69, 9.17) is 0 Å². The molecule has 1 rings (SSSR count). The van der Waals surface area contributed by atoms with Gasteiger partial charge in [-0.05, 0) is 43.6 Å². The molecule has 1 saturated carbocycles. The van der Waals surface area contributed by atoms with Crippen molar-refractivity contribution in [3.8, 4) is 0 Å². The number of hydrogen-bond acceptors (Lipinski definition) is 1. The zero-order valence-corrected chi connectivity index (χ0v) is 9.91. The van der Waals surface area contributed by atoms with Crippen LogP contribution < -0.4 is 5.32 Å². The SMILES string of the molecule is CNC1CCC(C)(C)CC(C)(C)C1. The molecule has 1 N–H and O–H groups in total. The zero-order valence-electron chi connectivity index (χ0n) is 9.91. The smallest absolute Gasteiger partial charge is 0.00693 e. The zero-order chi connectivity index (χ0) is 10.1. The number of nitrogens with one attached hydrogen (secondary N) is 1. The van der Waals surface area contributed by atoms with Crippen LogP contribution in [0.2, 0.25) is 0 Å². The Bertz CT molecular complexity index is 170. The standard InChI is InChI=1S/C12H25N/c1-11(2)7-6-10(13-5)8-12(3,4)9-11/h10,13H,6-9H2,1-5H3. The van der Waals surface area contributed by atoms with Gasteiger partial charge in [-0.3, -0.25) is 0 Å². The lowest BCUT2D eigenvalue weighted by Crippen LogP contribution is -2.29. The molecule has 0 amide bonds. The van der Waals surface area contributed by atoms with Crippen molar-refractivity contribution >= 4 is 0 Å². The summed E-state index contributed by atoms with van der Waals surface area (Å²) in [5.74, 6) is 0. The summed E-state index contributed by atoms with van der Waals surface area (Å²) in [5.41, 5.74) is 1.04. The quantitative estimate of drug-likeness (QED) is 0.616. The van der Waals surface area contributed by atoms with Crippen LogP contribution in [0.1, 0.15) is 53.4 Å². The number of rotatable bonds is 1. The summed E-state index contributed by atoms with van der Waals surface area (Å²) in [6.07, 6.45) is 5.39. The molecule has 78 valence electrons. The molecule has 1 nitrogen and oxygen atoms in total. The van der Waals surface area contributed by atoms with Crippen LogP contribution in [0.5, 0.6) is 0 Å². The van der Waals surface area contributed by atoms with Gasteiger partial charge in [0.25, 0.3) is 0 Å². The Labute approximate surface area is 83.3 Å². The second-order valence-corrected chi connectivity index (χ2v) is 6.23. The van der Waals surface area contributed by atoms with Gasteiger partial charge in [-0.1, -0.05) is 27.7 Å². The molecule has 1 unspecified atom stereocenters. The summed E-state index contributed by atoms with van der Waals surface area (Å²) in [4.78, 5) is 0. The monoisotopic (exact) mass is 183 g/mol. The first kappa shape index (κ1) is 11.0. The molecule has 1 heteroatoms. The third kappa shape index (κ3) is 3.30. The van der Waals surface area contributed by atoms with E-state index in [0.29, 0.717) is 10.8 Å². The maximum Gasteiger partial charge on any atom is 0.00693 e. The predicted octanol–water partition coefficient (Wildman–Crippen LogP) is 3.20. The summed E-state index contributed by atoms with van der Waals surface area (Å²) in [6, 6.07) is 0.733. The molecule has 0 aliphatic heterocycles. The minimum Gasteiger partial charge on any atom is -0.317 e. The minimum atomic E-state index is 0.508. The molecule has 1 aliphatic rings. The lowest BCUT2D eigenvalue weighted by atomic mass is 9.74. The van der Waals surface area contributed by atoms with E-state index in [9.17, 15) is 0 Å². The van der Waals surface area contributed by atoms with Crippen molar-refractivity contribution in [3.63, 3.8) is 0 Å². The van der Waals surface area contributed by atoms with Crippen molar-refractivity contribution in [1.29, 1.82) is 0 Å². The fraction of sp³-hybridized carbons (Fsp3) is 1.00. The third-order valence-electron chi connectivity index (χ3n) is 3.33. The van der Waals surface area contributed by atoms with Crippen molar-refractivity contribution in [1.82, 2.24) is 5.32 Å². The lowest BCUT2D eigenvalue weighted by molar-refractivity contribution is 0.196. The third-order valence-corrected chi connectivity index (χ3v) is 3.33. The molecule has 0 saturated heterocycles. The van der Waals surface area contributed by atoms with Crippen LogP contribution in [-0.2, 0) is 0 Å². The first-order valence-corrected chi connectivity index (χ1v) is 5.52. The molecule has 13 heavy (non-hydrogen) atoms. The second-order valence-electron chi connectivity index (χ2n) is 6.23. The van der Waals surface area contributed by atoms with Gasteiger partial charge in [0.05, 0.1) is 0 Å². The van der Waals surface area contributed by atoms with Gasteiger partial charge in [-0.25, -0.2) is 0 Å². The van der Waals surface area contributed by atoms with E-state index in [-0.39, 0.29) is 0 Å². The largest absolute Gasteiger partial charge is 0.317 e. The van der Waals surface area contributed by atoms with Crippen molar-refractivity contribution in [2.45, 2.75) is 59.4 Å². The summed E-state index contributed by atoms with van der Waals surface area (Å²) >= 11 is 0. The highest BCUT2D eigenvalue weighted by atomic mass is 14.9. The predicted molar refractivity (Wildman–Crippen MR) is 58.9 cm³/mol. The summed E-state index contributed by atoms with van der Waals surface area (Å²) in [5, 5.41) is 3.44. The fourth-order valence-corrected chi connectivity index (χ4v) is 3.04. The normalized spacial score (nSPS) is 32.5. The van der Waals surface area contributed by atoms with Gasteiger partial charge >= 0.3 is 0 Å². The summed E-state index contributed by atoms with van der Waals surface area (Å²) < 4.78 is 0. The van der Waals surface area contributed by atoms with Crippen molar-refractivity contribution < 1.29 is 0 Å². The van der Waals surface area contributed by atoms with Gasteiger partial charge in [0.15, 0.2) is 0 Å². The summed E-state index contributed by atoms with van der Waals surface area (Å²) in [6.45, 7) is 9.63. The average Bonchev–Trinajstić information content (AvgIpc) is 2.04.